The second kappa shape index (κ2) is 5.81. The van der Waals surface area contributed by atoms with Gasteiger partial charge in [-0.15, -0.1) is 0 Å². The third-order valence-electron chi connectivity index (χ3n) is 4.17. The van der Waals surface area contributed by atoms with Gasteiger partial charge in [0.1, 0.15) is 6.54 Å². The van der Waals surface area contributed by atoms with E-state index in [1.807, 2.05) is 6.07 Å². The van der Waals surface area contributed by atoms with E-state index in [-0.39, 0.29) is 6.54 Å². The number of aliphatic carboxylic acids is 1. The highest BCUT2D eigenvalue weighted by Crippen LogP contribution is 2.37. The van der Waals surface area contributed by atoms with Crippen LogP contribution in [0.3, 0.4) is 0 Å². The van der Waals surface area contributed by atoms with Gasteiger partial charge in [-0.3, -0.25) is 14.3 Å². The average Bonchev–Trinajstić information content (AvgIpc) is 3.10. The van der Waals surface area contributed by atoms with Crippen LogP contribution in [-0.4, -0.2) is 50.9 Å². The van der Waals surface area contributed by atoms with E-state index in [1.54, 1.807) is 24.4 Å². The minimum Gasteiger partial charge on any atom is -0.481 e. The van der Waals surface area contributed by atoms with E-state index in [1.165, 1.54) is 4.68 Å². The molecule has 1 aliphatic heterocycles. The van der Waals surface area contributed by atoms with E-state index < -0.39 is 43.0 Å². The number of alkyl halides is 3. The van der Waals surface area contributed by atoms with Crippen molar-refractivity contribution in [1.29, 1.82) is 0 Å². The number of benzene rings is 1. The molecule has 2 atom stereocenters. The summed E-state index contributed by atoms with van der Waals surface area (Å²) < 4.78 is 40.2. The predicted octanol–water partition coefficient (Wildman–Crippen LogP) is 1.76. The van der Waals surface area contributed by atoms with Gasteiger partial charge in [-0.2, -0.15) is 18.3 Å². The number of carboxylic acids is 1. The standard InChI is InChI=1S/C15H14F3N3O3/c16-15(17,18)11-7-20(6-10(11)14(23)24)13(22)8-21-5-9-3-1-2-4-12(9)19-21/h1-5,10-11H,6-8H2,(H,23,24)/t10-,11-/m1/s1. The minimum absolute atomic E-state index is 0.231. The summed E-state index contributed by atoms with van der Waals surface area (Å²) in [5.41, 5.74) is 0.670. The molecule has 0 bridgehead atoms. The predicted molar refractivity (Wildman–Crippen MR) is 77.0 cm³/mol. The van der Waals surface area contributed by atoms with Gasteiger partial charge in [-0.25, -0.2) is 0 Å². The van der Waals surface area contributed by atoms with Gasteiger partial charge in [-0.1, -0.05) is 18.2 Å². The van der Waals surface area contributed by atoms with E-state index in [9.17, 15) is 22.8 Å². The molecule has 1 fully saturated rings. The Bertz CT molecular complexity index is 754. The average molecular weight is 341 g/mol. The van der Waals surface area contributed by atoms with Crippen molar-refractivity contribution in [1.82, 2.24) is 14.7 Å². The smallest absolute Gasteiger partial charge is 0.394 e. The van der Waals surface area contributed by atoms with Crippen LogP contribution in [0.4, 0.5) is 13.2 Å². The quantitative estimate of drug-likeness (QED) is 0.923. The monoisotopic (exact) mass is 341 g/mol. The Morgan fingerprint density at radius 1 is 1.25 bits per heavy atom. The zero-order chi connectivity index (χ0) is 17.5. The first-order valence-corrected chi connectivity index (χ1v) is 7.25. The zero-order valence-electron chi connectivity index (χ0n) is 12.4. The molecule has 2 heterocycles. The molecule has 1 saturated heterocycles. The Morgan fingerprint density at radius 3 is 2.54 bits per heavy atom. The highest BCUT2D eigenvalue weighted by atomic mass is 19.4. The maximum Gasteiger partial charge on any atom is 0.394 e. The first-order chi connectivity index (χ1) is 11.3. The van der Waals surface area contributed by atoms with Crippen LogP contribution in [0.5, 0.6) is 0 Å². The molecule has 9 heteroatoms. The van der Waals surface area contributed by atoms with E-state index in [0.29, 0.717) is 5.52 Å². The lowest BCUT2D eigenvalue weighted by molar-refractivity contribution is -0.188. The first-order valence-electron chi connectivity index (χ1n) is 7.25. The maximum absolute atomic E-state index is 13.0. The van der Waals surface area contributed by atoms with E-state index >= 15 is 0 Å². The minimum atomic E-state index is -4.65. The summed E-state index contributed by atoms with van der Waals surface area (Å²) in [5, 5.41) is 14.0. The molecule has 1 aromatic carbocycles. The molecule has 1 amide bonds. The normalized spacial score (nSPS) is 21.4. The van der Waals surface area contributed by atoms with Crippen LogP contribution in [0.15, 0.2) is 30.5 Å². The lowest BCUT2D eigenvalue weighted by Gasteiger charge is -2.18. The van der Waals surface area contributed by atoms with Crippen molar-refractivity contribution >= 4 is 22.8 Å². The fourth-order valence-electron chi connectivity index (χ4n) is 2.92. The highest BCUT2D eigenvalue weighted by Gasteiger charge is 2.53. The van der Waals surface area contributed by atoms with Crippen LogP contribution in [0.2, 0.25) is 0 Å². The van der Waals surface area contributed by atoms with Crippen molar-refractivity contribution in [2.45, 2.75) is 12.7 Å². The van der Waals surface area contributed by atoms with Gasteiger partial charge in [0, 0.05) is 24.7 Å². The van der Waals surface area contributed by atoms with E-state index in [2.05, 4.69) is 5.10 Å². The Kier molecular flexibility index (Phi) is 3.94. The zero-order valence-corrected chi connectivity index (χ0v) is 12.4. The fourth-order valence-corrected chi connectivity index (χ4v) is 2.92. The first kappa shape index (κ1) is 16.3. The summed E-state index contributed by atoms with van der Waals surface area (Å²) in [6.07, 6.45) is -3.03. The number of amides is 1. The van der Waals surface area contributed by atoms with E-state index in [4.69, 9.17) is 5.11 Å². The molecule has 3 rings (SSSR count). The number of halogens is 3. The number of rotatable bonds is 3. The summed E-state index contributed by atoms with van der Waals surface area (Å²) in [7, 11) is 0. The number of carboxylic acid groups (broad SMARTS) is 1. The van der Waals surface area contributed by atoms with E-state index in [0.717, 1.165) is 10.3 Å². The van der Waals surface area contributed by atoms with Crippen molar-refractivity contribution in [3.63, 3.8) is 0 Å². The van der Waals surface area contributed by atoms with Gasteiger partial charge >= 0.3 is 12.1 Å². The van der Waals surface area contributed by atoms with Crippen molar-refractivity contribution in [3.8, 4) is 0 Å². The highest BCUT2D eigenvalue weighted by molar-refractivity contribution is 5.81. The van der Waals surface area contributed by atoms with Crippen molar-refractivity contribution in [3.05, 3.63) is 30.5 Å². The van der Waals surface area contributed by atoms with Gasteiger partial charge in [0.05, 0.1) is 17.4 Å². The second-order valence-electron chi connectivity index (χ2n) is 5.78. The SMILES string of the molecule is O=C(O)[C@@H]1CN(C(=O)Cn2cc3ccccc3n2)C[C@H]1C(F)(F)F. The van der Waals surface area contributed by atoms with Gasteiger partial charge in [0.15, 0.2) is 0 Å². The lowest BCUT2D eigenvalue weighted by atomic mass is 9.96. The molecule has 1 aromatic heterocycles. The molecule has 1 aliphatic rings. The largest absolute Gasteiger partial charge is 0.481 e. The Balaban J connectivity index is 1.74. The Labute approximate surface area is 134 Å². The van der Waals surface area contributed by atoms with Crippen molar-refractivity contribution in [2.75, 3.05) is 13.1 Å². The van der Waals surface area contributed by atoms with Crippen molar-refractivity contribution in [2.24, 2.45) is 11.8 Å². The molecule has 6 nitrogen and oxygen atoms in total. The van der Waals surface area contributed by atoms with Crippen LogP contribution < -0.4 is 0 Å². The third-order valence-corrected chi connectivity index (χ3v) is 4.17. The topological polar surface area (TPSA) is 75.4 Å². The molecule has 1 N–H and O–H groups in total. The summed E-state index contributed by atoms with van der Waals surface area (Å²) in [6, 6.07) is 7.15. The molecule has 0 aliphatic carbocycles. The van der Waals surface area contributed by atoms with Crippen LogP contribution in [0.1, 0.15) is 0 Å². The molecule has 2 aromatic rings. The number of aromatic nitrogens is 2. The number of nitrogens with zero attached hydrogens (tertiary/aromatic N) is 3. The number of likely N-dealkylation sites (tertiary alicyclic amines) is 1. The summed E-state index contributed by atoms with van der Waals surface area (Å²) in [6.45, 7) is -1.31. The van der Waals surface area contributed by atoms with Gasteiger partial charge in [0.2, 0.25) is 5.91 Å². The summed E-state index contributed by atoms with van der Waals surface area (Å²) >= 11 is 0. The van der Waals surface area contributed by atoms with Gasteiger partial charge in [-0.05, 0) is 6.07 Å². The molecule has 24 heavy (non-hydrogen) atoms. The molecular formula is C15H14F3N3O3. The lowest BCUT2D eigenvalue weighted by Crippen LogP contribution is -2.34. The second-order valence-corrected chi connectivity index (χ2v) is 5.78. The summed E-state index contributed by atoms with van der Waals surface area (Å²) in [5.74, 6) is -5.81. The van der Waals surface area contributed by atoms with Crippen LogP contribution in [0.25, 0.3) is 10.9 Å². The number of carbonyl (C=O) groups is 2. The number of hydrogen-bond donors (Lipinski definition) is 1. The number of fused-ring (bicyclic) bond motifs is 1. The van der Waals surface area contributed by atoms with Gasteiger partial charge in [0.25, 0.3) is 0 Å². The Morgan fingerprint density at radius 2 is 1.96 bits per heavy atom. The van der Waals surface area contributed by atoms with Crippen LogP contribution >= 0.6 is 0 Å². The summed E-state index contributed by atoms with van der Waals surface area (Å²) in [4.78, 5) is 24.2. The molecule has 0 saturated carbocycles. The van der Waals surface area contributed by atoms with Crippen LogP contribution in [-0.2, 0) is 16.1 Å². The molecule has 0 spiro atoms. The molecule has 0 unspecified atom stereocenters. The third kappa shape index (κ3) is 3.06. The maximum atomic E-state index is 13.0. The molecule has 0 radical (unpaired) electrons. The molecule has 128 valence electrons. The molecular weight excluding hydrogens is 327 g/mol. The number of carbonyl (C=O) groups excluding carboxylic acids is 1. The fraction of sp³-hybridized carbons (Fsp3) is 0.400. The van der Waals surface area contributed by atoms with Crippen LogP contribution in [0, 0.1) is 11.8 Å². The Hall–Kier alpha value is -2.58. The van der Waals surface area contributed by atoms with Gasteiger partial charge < -0.3 is 10.0 Å². The number of hydrogen-bond acceptors (Lipinski definition) is 3. The van der Waals surface area contributed by atoms with Crippen molar-refractivity contribution < 1.29 is 27.9 Å².